The van der Waals surface area contributed by atoms with Gasteiger partial charge in [-0.15, -0.1) is 0 Å². The molecule has 0 aromatic heterocycles. The Morgan fingerprint density at radius 2 is 1.59 bits per heavy atom. The van der Waals surface area contributed by atoms with Gasteiger partial charge in [0.15, 0.2) is 0 Å². The highest BCUT2D eigenvalue weighted by atomic mass is 16.5. The maximum atomic E-state index is 11.8. The molecule has 138 valence electrons. The zero-order valence-corrected chi connectivity index (χ0v) is 15.6. The second-order valence-electron chi connectivity index (χ2n) is 6.08. The predicted molar refractivity (Wildman–Crippen MR) is 108 cm³/mol. The van der Waals surface area contributed by atoms with Crippen LogP contribution < -0.4 is 10.1 Å². The lowest BCUT2D eigenvalue weighted by atomic mass is 10.0. The van der Waals surface area contributed by atoms with E-state index >= 15 is 0 Å². The van der Waals surface area contributed by atoms with E-state index in [1.54, 1.807) is 20.1 Å². The monoisotopic (exact) mass is 361 g/mol. The third-order valence-corrected chi connectivity index (χ3v) is 4.25. The average Bonchev–Trinajstić information content (AvgIpc) is 2.73. The van der Waals surface area contributed by atoms with Crippen LogP contribution in [0.2, 0.25) is 0 Å². The standard InChI is InChI=1S/C23H23NO3/c1-3-27-23(25)20-5-4-6-21(15-20)24-16-17-7-9-18(10-8-17)19-11-13-22(26-2)14-12-19/h4-15,24H,3,16H2,1-2H3. The number of esters is 1. The zero-order chi connectivity index (χ0) is 19.1. The first kappa shape index (κ1) is 18.5. The smallest absolute Gasteiger partial charge is 0.338 e. The summed E-state index contributed by atoms with van der Waals surface area (Å²) in [6, 6.07) is 23.8. The van der Waals surface area contributed by atoms with Crippen LogP contribution >= 0.6 is 0 Å². The van der Waals surface area contributed by atoms with Crippen LogP contribution in [-0.2, 0) is 11.3 Å². The molecule has 0 saturated carbocycles. The summed E-state index contributed by atoms with van der Waals surface area (Å²) in [6.07, 6.45) is 0. The Bertz CT molecular complexity index is 886. The predicted octanol–water partition coefficient (Wildman–Crippen LogP) is 5.15. The van der Waals surface area contributed by atoms with Crippen LogP contribution in [0.4, 0.5) is 5.69 Å². The molecule has 0 radical (unpaired) electrons. The van der Waals surface area contributed by atoms with Gasteiger partial charge in [0.2, 0.25) is 0 Å². The summed E-state index contributed by atoms with van der Waals surface area (Å²) in [6.45, 7) is 2.85. The van der Waals surface area contributed by atoms with Crippen molar-refractivity contribution >= 4 is 11.7 Å². The van der Waals surface area contributed by atoms with Crippen molar-refractivity contribution in [1.29, 1.82) is 0 Å². The lowest BCUT2D eigenvalue weighted by molar-refractivity contribution is 0.0526. The normalized spacial score (nSPS) is 10.3. The van der Waals surface area contributed by atoms with Gasteiger partial charge in [-0.2, -0.15) is 0 Å². The van der Waals surface area contributed by atoms with Crippen molar-refractivity contribution in [3.05, 3.63) is 83.9 Å². The van der Waals surface area contributed by atoms with Crippen LogP contribution in [0.25, 0.3) is 11.1 Å². The molecule has 3 aromatic carbocycles. The first-order valence-electron chi connectivity index (χ1n) is 8.94. The molecule has 0 aliphatic heterocycles. The van der Waals surface area contributed by atoms with Crippen molar-refractivity contribution in [1.82, 2.24) is 0 Å². The van der Waals surface area contributed by atoms with E-state index in [9.17, 15) is 4.79 Å². The lowest BCUT2D eigenvalue weighted by Gasteiger charge is -2.09. The van der Waals surface area contributed by atoms with Crippen molar-refractivity contribution in [2.45, 2.75) is 13.5 Å². The second-order valence-corrected chi connectivity index (χ2v) is 6.08. The molecule has 0 atom stereocenters. The summed E-state index contributed by atoms with van der Waals surface area (Å²) < 4.78 is 10.2. The van der Waals surface area contributed by atoms with Gasteiger partial charge in [-0.05, 0) is 53.9 Å². The first-order chi connectivity index (χ1) is 13.2. The summed E-state index contributed by atoms with van der Waals surface area (Å²) in [7, 11) is 1.67. The maximum absolute atomic E-state index is 11.8. The number of carbonyl (C=O) groups is 1. The van der Waals surface area contributed by atoms with E-state index in [2.05, 4.69) is 29.6 Å². The summed E-state index contributed by atoms with van der Waals surface area (Å²) in [4.78, 5) is 11.8. The van der Waals surface area contributed by atoms with Gasteiger partial charge in [0.25, 0.3) is 0 Å². The van der Waals surface area contributed by atoms with Gasteiger partial charge in [-0.3, -0.25) is 0 Å². The highest BCUT2D eigenvalue weighted by molar-refractivity contribution is 5.90. The van der Waals surface area contributed by atoms with Gasteiger partial charge in [-0.1, -0.05) is 42.5 Å². The molecule has 0 heterocycles. The van der Waals surface area contributed by atoms with Gasteiger partial charge < -0.3 is 14.8 Å². The largest absolute Gasteiger partial charge is 0.497 e. The maximum Gasteiger partial charge on any atom is 0.338 e. The van der Waals surface area contributed by atoms with E-state index in [-0.39, 0.29) is 5.97 Å². The van der Waals surface area contributed by atoms with Crippen molar-refractivity contribution in [3.63, 3.8) is 0 Å². The molecule has 1 N–H and O–H groups in total. The number of methoxy groups -OCH3 is 1. The molecule has 0 fully saturated rings. The molecule has 0 amide bonds. The highest BCUT2D eigenvalue weighted by Crippen LogP contribution is 2.23. The van der Waals surface area contributed by atoms with Crippen LogP contribution in [0, 0.1) is 0 Å². The molecule has 0 bridgehead atoms. The van der Waals surface area contributed by atoms with Gasteiger partial charge in [0.05, 0.1) is 19.3 Å². The summed E-state index contributed by atoms with van der Waals surface area (Å²) in [5.41, 5.74) is 4.91. The fraction of sp³-hybridized carbons (Fsp3) is 0.174. The van der Waals surface area contributed by atoms with Crippen LogP contribution in [0.1, 0.15) is 22.8 Å². The van der Waals surface area contributed by atoms with E-state index in [1.807, 2.05) is 42.5 Å². The number of hydrogen-bond acceptors (Lipinski definition) is 4. The van der Waals surface area contributed by atoms with Crippen LogP contribution in [0.3, 0.4) is 0 Å². The molecule has 27 heavy (non-hydrogen) atoms. The van der Waals surface area contributed by atoms with Crippen molar-refractivity contribution in [3.8, 4) is 16.9 Å². The van der Waals surface area contributed by atoms with Gasteiger partial charge >= 0.3 is 5.97 Å². The zero-order valence-electron chi connectivity index (χ0n) is 15.6. The number of hydrogen-bond donors (Lipinski definition) is 1. The lowest BCUT2D eigenvalue weighted by Crippen LogP contribution is -2.06. The molecule has 0 unspecified atom stereocenters. The number of benzene rings is 3. The van der Waals surface area contributed by atoms with Gasteiger partial charge in [0.1, 0.15) is 5.75 Å². The Hall–Kier alpha value is -3.27. The Morgan fingerprint density at radius 1 is 0.926 bits per heavy atom. The molecular weight excluding hydrogens is 338 g/mol. The van der Waals surface area contributed by atoms with Gasteiger partial charge in [-0.25, -0.2) is 4.79 Å². The molecule has 3 rings (SSSR count). The fourth-order valence-electron chi connectivity index (χ4n) is 2.77. The van der Waals surface area contributed by atoms with Crippen molar-refractivity contribution in [2.75, 3.05) is 19.0 Å². The Kier molecular flexibility index (Phi) is 6.10. The molecule has 3 aromatic rings. The second kappa shape index (κ2) is 8.90. The molecular formula is C23H23NO3. The average molecular weight is 361 g/mol. The van der Waals surface area contributed by atoms with E-state index in [0.29, 0.717) is 18.7 Å². The van der Waals surface area contributed by atoms with Gasteiger partial charge in [0, 0.05) is 12.2 Å². The minimum atomic E-state index is -0.301. The molecule has 4 nitrogen and oxygen atoms in total. The topological polar surface area (TPSA) is 47.6 Å². The molecule has 0 spiro atoms. The van der Waals surface area contributed by atoms with E-state index in [1.165, 1.54) is 0 Å². The Labute approximate surface area is 159 Å². The molecule has 0 saturated heterocycles. The number of anilines is 1. The third-order valence-electron chi connectivity index (χ3n) is 4.25. The number of rotatable bonds is 7. The van der Waals surface area contributed by atoms with Crippen molar-refractivity contribution in [2.24, 2.45) is 0 Å². The third kappa shape index (κ3) is 4.88. The van der Waals surface area contributed by atoms with Crippen LogP contribution in [0.5, 0.6) is 5.75 Å². The van der Waals surface area contributed by atoms with E-state index in [4.69, 9.17) is 9.47 Å². The quantitative estimate of drug-likeness (QED) is 0.591. The number of carbonyl (C=O) groups excluding carboxylic acids is 1. The molecule has 0 aliphatic rings. The van der Waals surface area contributed by atoms with Crippen LogP contribution in [0.15, 0.2) is 72.8 Å². The summed E-state index contributed by atoms with van der Waals surface area (Å²) in [5.74, 6) is 0.551. The minimum Gasteiger partial charge on any atom is -0.497 e. The minimum absolute atomic E-state index is 0.301. The number of ether oxygens (including phenoxy) is 2. The number of nitrogens with one attached hydrogen (secondary N) is 1. The summed E-state index contributed by atoms with van der Waals surface area (Å²) in [5, 5.41) is 3.35. The van der Waals surface area contributed by atoms with E-state index in [0.717, 1.165) is 28.1 Å². The fourth-order valence-corrected chi connectivity index (χ4v) is 2.77. The SMILES string of the molecule is CCOC(=O)c1cccc(NCc2ccc(-c3ccc(OC)cc3)cc2)c1. The Morgan fingerprint density at radius 3 is 2.22 bits per heavy atom. The molecule has 4 heteroatoms. The highest BCUT2D eigenvalue weighted by Gasteiger charge is 2.06. The summed E-state index contributed by atoms with van der Waals surface area (Å²) >= 11 is 0. The van der Waals surface area contributed by atoms with E-state index < -0.39 is 0 Å². The first-order valence-corrected chi connectivity index (χ1v) is 8.94. The van der Waals surface area contributed by atoms with Crippen LogP contribution in [-0.4, -0.2) is 19.7 Å². The molecule has 0 aliphatic carbocycles. The van der Waals surface area contributed by atoms with Crippen molar-refractivity contribution < 1.29 is 14.3 Å². The Balaban J connectivity index is 1.63.